The molecule has 1 amide bonds. The number of hydrogen-bond donors (Lipinski definition) is 0. The number of morpholine rings is 1. The van der Waals surface area contributed by atoms with Gasteiger partial charge in [-0.3, -0.25) is 14.3 Å². The third-order valence-electron chi connectivity index (χ3n) is 3.95. The Morgan fingerprint density at radius 1 is 1.26 bits per heavy atom. The number of carbonyl (C=O) groups is 1. The molecule has 0 radical (unpaired) electrons. The first-order valence-corrected chi connectivity index (χ1v) is 9.16. The molecule has 7 nitrogen and oxygen atoms in total. The fraction of sp³-hybridized carbons (Fsp3) is 0.500. The lowest BCUT2D eigenvalue weighted by Crippen LogP contribution is -2.44. The van der Waals surface area contributed by atoms with Crippen molar-refractivity contribution in [2.24, 2.45) is 0 Å². The van der Waals surface area contributed by atoms with Crippen molar-refractivity contribution in [2.45, 2.75) is 30.1 Å². The van der Waals surface area contributed by atoms with Crippen molar-refractivity contribution in [2.75, 3.05) is 26.3 Å². The maximum Gasteiger partial charge on any atom is 0.406 e. The van der Waals surface area contributed by atoms with Gasteiger partial charge < -0.3 is 9.64 Å². The molecule has 0 spiro atoms. The Bertz CT molecular complexity index is 778. The van der Waals surface area contributed by atoms with Gasteiger partial charge in [0.2, 0.25) is 5.91 Å². The van der Waals surface area contributed by atoms with E-state index in [1.165, 1.54) is 12.4 Å². The normalized spacial score (nSPS) is 16.4. The predicted octanol–water partition coefficient (Wildman–Crippen LogP) is 2.24. The van der Waals surface area contributed by atoms with Crippen LogP contribution in [0.2, 0.25) is 0 Å². The summed E-state index contributed by atoms with van der Waals surface area (Å²) >= 11 is 0.970. The van der Waals surface area contributed by atoms with Gasteiger partial charge in [0.1, 0.15) is 6.54 Å². The van der Waals surface area contributed by atoms with Crippen LogP contribution in [-0.2, 0) is 16.1 Å². The van der Waals surface area contributed by atoms with Crippen molar-refractivity contribution < 1.29 is 22.7 Å². The van der Waals surface area contributed by atoms with Crippen LogP contribution in [0.15, 0.2) is 29.7 Å². The molecular formula is C16H18F3N5O2S. The van der Waals surface area contributed by atoms with Crippen LogP contribution in [-0.4, -0.2) is 68.3 Å². The number of amides is 1. The summed E-state index contributed by atoms with van der Waals surface area (Å²) in [6, 6.07) is 3.13. The van der Waals surface area contributed by atoms with Crippen molar-refractivity contribution in [3.8, 4) is 11.4 Å². The van der Waals surface area contributed by atoms with Gasteiger partial charge in [-0.05, 0) is 19.1 Å². The number of rotatable bonds is 5. The molecule has 2 aromatic rings. The fourth-order valence-electron chi connectivity index (χ4n) is 2.66. The number of halogens is 3. The first-order chi connectivity index (χ1) is 12.8. The highest BCUT2D eigenvalue weighted by molar-refractivity contribution is 8.00. The van der Waals surface area contributed by atoms with Crippen molar-refractivity contribution >= 4 is 17.7 Å². The molecular weight excluding hydrogens is 383 g/mol. The van der Waals surface area contributed by atoms with Crippen molar-refractivity contribution in [1.82, 2.24) is 24.6 Å². The van der Waals surface area contributed by atoms with Crippen molar-refractivity contribution in [3.05, 3.63) is 24.5 Å². The number of aromatic nitrogens is 4. The van der Waals surface area contributed by atoms with E-state index < -0.39 is 18.0 Å². The summed E-state index contributed by atoms with van der Waals surface area (Å²) in [6.45, 7) is 2.28. The second kappa shape index (κ2) is 8.26. The van der Waals surface area contributed by atoms with Crippen LogP contribution in [0.3, 0.4) is 0 Å². The van der Waals surface area contributed by atoms with E-state index in [0.29, 0.717) is 31.9 Å². The Morgan fingerprint density at radius 3 is 2.56 bits per heavy atom. The molecule has 146 valence electrons. The topological polar surface area (TPSA) is 73.1 Å². The summed E-state index contributed by atoms with van der Waals surface area (Å²) in [7, 11) is 0. The molecule has 3 heterocycles. The molecule has 0 saturated carbocycles. The van der Waals surface area contributed by atoms with Crippen molar-refractivity contribution in [1.29, 1.82) is 0 Å². The average molecular weight is 401 g/mol. The summed E-state index contributed by atoms with van der Waals surface area (Å²) in [5.74, 6) is -0.0708. The standard InChI is InChI=1S/C16H18F3N5O2S/c1-11(14(25)23-6-8-26-9-7-23)27-15-22-21-13(12-2-4-20-5-3-12)24(15)10-16(17,18)19/h2-5,11H,6-10H2,1H3. The lowest BCUT2D eigenvalue weighted by atomic mass is 10.2. The van der Waals surface area contributed by atoms with Gasteiger partial charge in [-0.2, -0.15) is 13.2 Å². The van der Waals surface area contributed by atoms with Crippen molar-refractivity contribution in [3.63, 3.8) is 0 Å². The van der Waals surface area contributed by atoms with E-state index >= 15 is 0 Å². The molecule has 0 aliphatic carbocycles. The molecule has 1 unspecified atom stereocenters. The minimum Gasteiger partial charge on any atom is -0.378 e. The largest absolute Gasteiger partial charge is 0.406 e. The van der Waals surface area contributed by atoms with Gasteiger partial charge in [0, 0.05) is 31.0 Å². The van der Waals surface area contributed by atoms with E-state index in [-0.39, 0.29) is 16.9 Å². The molecule has 11 heteroatoms. The number of thioether (sulfide) groups is 1. The number of pyridine rings is 1. The van der Waals surface area contributed by atoms with Crippen LogP contribution < -0.4 is 0 Å². The van der Waals surface area contributed by atoms with Crippen LogP contribution in [0, 0.1) is 0 Å². The molecule has 3 rings (SSSR count). The molecule has 1 fully saturated rings. The zero-order chi connectivity index (χ0) is 19.4. The van der Waals surface area contributed by atoms with E-state index in [1.807, 2.05) is 0 Å². The van der Waals surface area contributed by atoms with Gasteiger partial charge in [0.15, 0.2) is 11.0 Å². The van der Waals surface area contributed by atoms with Crippen LogP contribution in [0.4, 0.5) is 13.2 Å². The molecule has 0 bridgehead atoms. The molecule has 1 aliphatic heterocycles. The number of ether oxygens (including phenoxy) is 1. The maximum absolute atomic E-state index is 13.1. The quantitative estimate of drug-likeness (QED) is 0.716. The number of hydrogen-bond acceptors (Lipinski definition) is 6. The van der Waals surface area contributed by atoms with E-state index in [0.717, 1.165) is 16.3 Å². The van der Waals surface area contributed by atoms with Gasteiger partial charge in [0.05, 0.1) is 18.5 Å². The number of nitrogens with zero attached hydrogens (tertiary/aromatic N) is 5. The van der Waals surface area contributed by atoms with Gasteiger partial charge >= 0.3 is 6.18 Å². The number of carbonyl (C=O) groups excluding carboxylic acids is 1. The zero-order valence-electron chi connectivity index (χ0n) is 14.5. The zero-order valence-corrected chi connectivity index (χ0v) is 15.3. The monoisotopic (exact) mass is 401 g/mol. The summed E-state index contributed by atoms with van der Waals surface area (Å²) in [4.78, 5) is 18.0. The Kier molecular flexibility index (Phi) is 6.00. The maximum atomic E-state index is 13.1. The predicted molar refractivity (Wildman–Crippen MR) is 92.0 cm³/mol. The third kappa shape index (κ3) is 4.98. The Morgan fingerprint density at radius 2 is 1.93 bits per heavy atom. The Hall–Kier alpha value is -2.14. The highest BCUT2D eigenvalue weighted by Gasteiger charge is 2.33. The first kappa shape index (κ1) is 19.6. The molecule has 2 aromatic heterocycles. The Labute approximate surface area is 157 Å². The van der Waals surface area contributed by atoms with Crippen LogP contribution >= 0.6 is 11.8 Å². The lowest BCUT2D eigenvalue weighted by Gasteiger charge is -2.28. The SMILES string of the molecule is CC(Sc1nnc(-c2ccncc2)n1CC(F)(F)F)C(=O)N1CCOCC1. The summed E-state index contributed by atoms with van der Waals surface area (Å²) in [6.07, 6.45) is -1.50. The van der Waals surface area contributed by atoms with Gasteiger partial charge in [0.25, 0.3) is 0 Å². The molecule has 27 heavy (non-hydrogen) atoms. The van der Waals surface area contributed by atoms with Crippen LogP contribution in [0.5, 0.6) is 0 Å². The van der Waals surface area contributed by atoms with E-state index in [1.54, 1.807) is 24.0 Å². The molecule has 1 saturated heterocycles. The lowest BCUT2D eigenvalue weighted by molar-refractivity contribution is -0.141. The highest BCUT2D eigenvalue weighted by Crippen LogP contribution is 2.30. The van der Waals surface area contributed by atoms with Crippen LogP contribution in [0.25, 0.3) is 11.4 Å². The fourth-order valence-corrected chi connectivity index (χ4v) is 3.59. The minimum absolute atomic E-state index is 0.0493. The van der Waals surface area contributed by atoms with E-state index in [9.17, 15) is 18.0 Å². The Balaban J connectivity index is 1.84. The molecule has 0 N–H and O–H groups in total. The molecule has 1 aliphatic rings. The van der Waals surface area contributed by atoms with Gasteiger partial charge in [-0.25, -0.2) is 0 Å². The second-order valence-electron chi connectivity index (χ2n) is 5.94. The third-order valence-corrected chi connectivity index (χ3v) is 5.01. The second-order valence-corrected chi connectivity index (χ2v) is 7.25. The minimum atomic E-state index is -4.45. The van der Waals surface area contributed by atoms with E-state index in [4.69, 9.17) is 4.74 Å². The number of alkyl halides is 3. The molecule has 0 aromatic carbocycles. The smallest absolute Gasteiger partial charge is 0.378 e. The van der Waals surface area contributed by atoms with Gasteiger partial charge in [-0.1, -0.05) is 11.8 Å². The molecule has 1 atom stereocenters. The summed E-state index contributed by atoms with van der Waals surface area (Å²) in [5, 5.41) is 7.28. The van der Waals surface area contributed by atoms with E-state index in [2.05, 4.69) is 15.2 Å². The first-order valence-electron chi connectivity index (χ1n) is 8.28. The summed E-state index contributed by atoms with van der Waals surface area (Å²) < 4.78 is 45.5. The van der Waals surface area contributed by atoms with Crippen LogP contribution in [0.1, 0.15) is 6.92 Å². The average Bonchev–Trinajstić information content (AvgIpc) is 3.03. The highest BCUT2D eigenvalue weighted by atomic mass is 32.2. The summed E-state index contributed by atoms with van der Waals surface area (Å²) in [5.41, 5.74) is 0.473. The van der Waals surface area contributed by atoms with Gasteiger partial charge in [-0.15, -0.1) is 10.2 Å².